The Balaban J connectivity index is 5.21. The zero-order chi connectivity index (χ0) is 79.9. The van der Waals surface area contributed by atoms with Gasteiger partial charge in [0.2, 0.25) is 0 Å². The van der Waals surface area contributed by atoms with E-state index >= 15 is 0 Å². The number of phosphoric acid groups is 2. The number of ether oxygens (including phenoxy) is 4. The van der Waals surface area contributed by atoms with Gasteiger partial charge in [-0.05, 0) is 37.5 Å². The van der Waals surface area contributed by atoms with Crippen LogP contribution in [0.25, 0.3) is 0 Å². The predicted octanol–water partition coefficient (Wildman–Crippen LogP) is 27.8. The highest BCUT2D eigenvalue weighted by atomic mass is 31.2. The summed E-state index contributed by atoms with van der Waals surface area (Å²) in [6.45, 7) is 9.76. The van der Waals surface area contributed by atoms with Crippen LogP contribution < -0.4 is 0 Å². The van der Waals surface area contributed by atoms with E-state index in [1.54, 1.807) is 0 Å². The van der Waals surface area contributed by atoms with Gasteiger partial charge in [0.1, 0.15) is 19.3 Å². The molecule has 5 atom stereocenters. The Morgan fingerprint density at radius 2 is 0.422 bits per heavy atom. The van der Waals surface area contributed by atoms with Crippen LogP contribution >= 0.6 is 15.6 Å². The molecule has 648 valence electrons. The highest BCUT2D eigenvalue weighted by Crippen LogP contribution is 2.45. The number of aliphatic hydroxyl groups excluding tert-OH is 1. The summed E-state index contributed by atoms with van der Waals surface area (Å²) in [5, 5.41) is 10.7. The molecule has 0 rings (SSSR count). The van der Waals surface area contributed by atoms with Crippen molar-refractivity contribution in [2.75, 3.05) is 39.6 Å². The van der Waals surface area contributed by atoms with Gasteiger partial charge in [-0.15, -0.1) is 0 Å². The summed E-state index contributed by atoms with van der Waals surface area (Å²) in [5.74, 6) is -0.453. The van der Waals surface area contributed by atoms with Gasteiger partial charge < -0.3 is 33.8 Å². The zero-order valence-corrected chi connectivity index (χ0v) is 73.7. The molecule has 0 aromatic rings. The average Bonchev–Trinajstić information content (AvgIpc) is 0.898. The van der Waals surface area contributed by atoms with E-state index in [4.69, 9.17) is 37.0 Å². The number of rotatable bonds is 89. The van der Waals surface area contributed by atoms with Crippen molar-refractivity contribution < 1.29 is 80.2 Å². The maximum atomic E-state index is 13.2. The summed E-state index contributed by atoms with van der Waals surface area (Å²) in [6, 6.07) is 0. The molecule has 0 saturated carbocycles. The van der Waals surface area contributed by atoms with E-state index in [0.29, 0.717) is 25.7 Å². The summed E-state index contributed by atoms with van der Waals surface area (Å²) in [7, 11) is -9.93. The highest BCUT2D eigenvalue weighted by molar-refractivity contribution is 7.47. The number of esters is 4. The summed E-state index contributed by atoms with van der Waals surface area (Å²) >= 11 is 0. The first-order chi connectivity index (χ1) is 52.9. The first-order valence-electron chi connectivity index (χ1n) is 46.5. The van der Waals surface area contributed by atoms with Gasteiger partial charge in [0, 0.05) is 25.7 Å². The standard InChI is InChI=1S/C90H176O17P2/c1-7-9-11-13-15-17-19-20-21-26-34-39-44-50-56-62-68-74-89(94)106-85(78-100-87(92)72-66-60-54-48-18-16-14-12-10-8-2)80-104-108(96,97)102-76-84(91)77-103-109(98,99)105-81-86(107-90(95)75-69-63-57-51-45-40-35-30-25-23-28-32-37-42-47-53-59-65-71-83(5)6)79-101-88(93)73-67-61-55-49-43-38-33-29-24-22-27-31-36-41-46-52-58-64-70-82(3)4/h82-86,91H,7-81H2,1-6H3,(H,96,97)(H,98,99)/t84-,85+,86+/m0/s1. The molecule has 3 N–H and O–H groups in total. The summed E-state index contributed by atoms with van der Waals surface area (Å²) in [5.41, 5.74) is 0. The molecule has 0 radical (unpaired) electrons. The van der Waals surface area contributed by atoms with E-state index < -0.39 is 97.5 Å². The number of hydrogen-bond acceptors (Lipinski definition) is 15. The third-order valence-corrected chi connectivity index (χ3v) is 23.1. The minimum absolute atomic E-state index is 0.109. The monoisotopic (exact) mass is 1590 g/mol. The Labute approximate surface area is 670 Å². The van der Waals surface area contributed by atoms with Gasteiger partial charge in [-0.2, -0.15) is 0 Å². The maximum absolute atomic E-state index is 13.2. The van der Waals surface area contributed by atoms with Crippen LogP contribution in [0.3, 0.4) is 0 Å². The second kappa shape index (κ2) is 81.2. The molecule has 0 aromatic carbocycles. The molecule has 0 aliphatic rings. The Morgan fingerprint density at radius 1 is 0.248 bits per heavy atom. The van der Waals surface area contributed by atoms with E-state index in [9.17, 15) is 43.2 Å². The van der Waals surface area contributed by atoms with Crippen LogP contribution in [0.2, 0.25) is 0 Å². The van der Waals surface area contributed by atoms with Crippen molar-refractivity contribution in [1.29, 1.82) is 0 Å². The molecule has 17 nitrogen and oxygen atoms in total. The minimum Gasteiger partial charge on any atom is -0.462 e. The molecule has 0 spiro atoms. The van der Waals surface area contributed by atoms with Crippen LogP contribution in [0, 0.1) is 11.8 Å². The summed E-state index contributed by atoms with van der Waals surface area (Å²) in [6.07, 6.45) is 75.0. The fourth-order valence-corrected chi connectivity index (χ4v) is 15.7. The minimum atomic E-state index is -4.97. The number of carbonyl (C=O) groups is 4. The van der Waals surface area contributed by atoms with Crippen molar-refractivity contribution in [2.45, 2.75) is 503 Å². The van der Waals surface area contributed by atoms with Gasteiger partial charge in [-0.1, -0.05) is 433 Å². The normalized spacial score (nSPS) is 13.8. The molecule has 0 bridgehead atoms. The first-order valence-corrected chi connectivity index (χ1v) is 49.5. The van der Waals surface area contributed by atoms with E-state index in [1.807, 2.05) is 0 Å². The Kier molecular flexibility index (Phi) is 79.8. The van der Waals surface area contributed by atoms with Crippen LogP contribution in [0.5, 0.6) is 0 Å². The van der Waals surface area contributed by atoms with E-state index in [1.165, 1.54) is 302 Å². The smallest absolute Gasteiger partial charge is 0.462 e. The van der Waals surface area contributed by atoms with Gasteiger partial charge in [-0.3, -0.25) is 37.3 Å². The second-order valence-corrected chi connectivity index (χ2v) is 36.2. The fraction of sp³-hybridized carbons (Fsp3) is 0.956. The third kappa shape index (κ3) is 83.8. The fourth-order valence-electron chi connectivity index (χ4n) is 14.1. The molecule has 0 aromatic heterocycles. The maximum Gasteiger partial charge on any atom is 0.472 e. The van der Waals surface area contributed by atoms with Crippen LogP contribution in [-0.4, -0.2) is 96.7 Å². The topological polar surface area (TPSA) is 237 Å². The van der Waals surface area contributed by atoms with Gasteiger partial charge in [0.25, 0.3) is 0 Å². The van der Waals surface area contributed by atoms with Crippen LogP contribution in [0.1, 0.15) is 485 Å². The van der Waals surface area contributed by atoms with Crippen LogP contribution in [-0.2, 0) is 65.4 Å². The number of aliphatic hydroxyl groups is 1. The Morgan fingerprint density at radius 3 is 0.624 bits per heavy atom. The molecule has 19 heteroatoms. The third-order valence-electron chi connectivity index (χ3n) is 21.2. The lowest BCUT2D eigenvalue weighted by molar-refractivity contribution is -0.161. The summed E-state index contributed by atoms with van der Waals surface area (Å²) in [4.78, 5) is 73.3. The molecule has 0 heterocycles. The molecule has 0 amide bonds. The van der Waals surface area contributed by atoms with Crippen molar-refractivity contribution in [3.63, 3.8) is 0 Å². The van der Waals surface area contributed by atoms with Crippen molar-refractivity contribution in [3.05, 3.63) is 0 Å². The van der Waals surface area contributed by atoms with Crippen molar-refractivity contribution in [3.8, 4) is 0 Å². The molecule has 0 fully saturated rings. The second-order valence-electron chi connectivity index (χ2n) is 33.3. The van der Waals surface area contributed by atoms with Crippen molar-refractivity contribution >= 4 is 39.5 Å². The molecule has 0 saturated heterocycles. The number of phosphoric ester groups is 2. The van der Waals surface area contributed by atoms with E-state index in [-0.39, 0.29) is 25.7 Å². The molecule has 2 unspecified atom stereocenters. The molecule has 0 aliphatic heterocycles. The number of carbonyl (C=O) groups excluding carboxylic acids is 4. The Hall–Kier alpha value is -1.94. The van der Waals surface area contributed by atoms with Crippen LogP contribution in [0.15, 0.2) is 0 Å². The lowest BCUT2D eigenvalue weighted by Gasteiger charge is -2.21. The van der Waals surface area contributed by atoms with Crippen LogP contribution in [0.4, 0.5) is 0 Å². The van der Waals surface area contributed by atoms with E-state index in [2.05, 4.69) is 41.5 Å². The van der Waals surface area contributed by atoms with Gasteiger partial charge in [-0.25, -0.2) is 9.13 Å². The largest absolute Gasteiger partial charge is 0.472 e. The van der Waals surface area contributed by atoms with Gasteiger partial charge in [0.15, 0.2) is 12.2 Å². The molecule has 0 aliphatic carbocycles. The quantitative estimate of drug-likeness (QED) is 0.0222. The highest BCUT2D eigenvalue weighted by Gasteiger charge is 2.31. The Bertz CT molecular complexity index is 2080. The zero-order valence-electron chi connectivity index (χ0n) is 71.9. The molecular weight excluding hydrogens is 1410 g/mol. The summed E-state index contributed by atoms with van der Waals surface area (Å²) < 4.78 is 69.0. The number of unbranched alkanes of at least 4 members (excludes halogenated alkanes) is 59. The lowest BCUT2D eigenvalue weighted by Crippen LogP contribution is -2.30. The van der Waals surface area contributed by atoms with Crippen molar-refractivity contribution in [2.24, 2.45) is 11.8 Å². The van der Waals surface area contributed by atoms with E-state index in [0.717, 1.165) is 102 Å². The molecule has 109 heavy (non-hydrogen) atoms. The lowest BCUT2D eigenvalue weighted by atomic mass is 10.0. The van der Waals surface area contributed by atoms with Crippen molar-refractivity contribution in [1.82, 2.24) is 0 Å². The first kappa shape index (κ1) is 107. The number of hydrogen-bond donors (Lipinski definition) is 3. The van der Waals surface area contributed by atoms with Gasteiger partial charge in [0.05, 0.1) is 26.4 Å². The predicted molar refractivity (Wildman–Crippen MR) is 451 cm³/mol. The van der Waals surface area contributed by atoms with Gasteiger partial charge >= 0.3 is 39.5 Å². The molecular formula is C90H176O17P2. The SMILES string of the molecule is CCCCCCCCCCCCCCCCCCCC(=O)O[C@H](COC(=O)CCCCCCCCCCCC)COP(=O)(O)OC[C@H](O)COP(=O)(O)OC[C@@H](COC(=O)CCCCCCCCCCCCCCCCCCCCC(C)C)OC(=O)CCCCCCCCCCCCCCCCCCCCC(C)C. The average molecular weight is 1590 g/mol.